The molecule has 6 nitrogen and oxygen atoms in total. The van der Waals surface area contributed by atoms with Crippen molar-refractivity contribution >= 4 is 29.3 Å². The lowest BCUT2D eigenvalue weighted by atomic mass is 10.1. The summed E-state index contributed by atoms with van der Waals surface area (Å²) in [5.74, 6) is -1.31. The van der Waals surface area contributed by atoms with E-state index in [0.717, 1.165) is 19.3 Å². The van der Waals surface area contributed by atoms with Crippen molar-refractivity contribution in [3.63, 3.8) is 0 Å². The van der Waals surface area contributed by atoms with Gasteiger partial charge in [0.2, 0.25) is 5.91 Å². The fourth-order valence-electron chi connectivity index (χ4n) is 4.44. The Morgan fingerprint density at radius 1 is 1.08 bits per heavy atom. The van der Waals surface area contributed by atoms with Crippen molar-refractivity contribution in [3.05, 3.63) is 77.2 Å². The third kappa shape index (κ3) is 7.41. The first-order chi connectivity index (χ1) is 18.9. The molecular formula is C30H34F2N2O4S. The molecule has 2 aromatic carbocycles. The van der Waals surface area contributed by atoms with Gasteiger partial charge in [0, 0.05) is 28.2 Å². The Morgan fingerprint density at radius 3 is 2.54 bits per heavy atom. The van der Waals surface area contributed by atoms with Gasteiger partial charge >= 0.3 is 0 Å². The van der Waals surface area contributed by atoms with Gasteiger partial charge in [-0.25, -0.2) is 8.78 Å². The number of amides is 2. The average molecular weight is 557 g/mol. The van der Waals surface area contributed by atoms with Crippen molar-refractivity contribution in [2.24, 2.45) is 0 Å². The number of nitrogens with one attached hydrogen (secondary N) is 1. The Hall–Kier alpha value is -3.33. The van der Waals surface area contributed by atoms with Gasteiger partial charge in [0.05, 0.1) is 36.9 Å². The number of benzene rings is 2. The number of fused-ring (bicyclic) bond motifs is 1. The molecular weight excluding hydrogens is 522 g/mol. The van der Waals surface area contributed by atoms with Gasteiger partial charge in [-0.3, -0.25) is 9.59 Å². The molecule has 0 saturated carbocycles. The number of rotatable bonds is 13. The summed E-state index contributed by atoms with van der Waals surface area (Å²) >= 11 is 1.31. The molecule has 9 heteroatoms. The number of halogens is 2. The van der Waals surface area contributed by atoms with E-state index in [2.05, 4.69) is 12.2 Å². The monoisotopic (exact) mass is 556 g/mol. The van der Waals surface area contributed by atoms with Crippen LogP contribution in [0.3, 0.4) is 0 Å². The summed E-state index contributed by atoms with van der Waals surface area (Å²) in [6, 6.07) is 10.8. The number of ether oxygens (including phenoxy) is 1. The van der Waals surface area contributed by atoms with Gasteiger partial charge in [-0.1, -0.05) is 39.0 Å². The van der Waals surface area contributed by atoms with Crippen LogP contribution in [0.2, 0.25) is 0 Å². The Balaban J connectivity index is 1.43. The maximum atomic E-state index is 15.0. The zero-order valence-electron chi connectivity index (χ0n) is 22.3. The second-order valence-electron chi connectivity index (χ2n) is 9.61. The molecule has 1 aliphatic rings. The molecule has 0 bridgehead atoms. The molecule has 2 heterocycles. The first-order valence-electron chi connectivity index (χ1n) is 13.4. The molecule has 1 atom stereocenters. The molecule has 1 aromatic heterocycles. The van der Waals surface area contributed by atoms with Crippen molar-refractivity contribution in [2.45, 2.75) is 75.6 Å². The smallest absolute Gasteiger partial charge is 0.251 e. The van der Waals surface area contributed by atoms with Crippen LogP contribution < -0.4 is 15.0 Å². The summed E-state index contributed by atoms with van der Waals surface area (Å²) in [6.45, 7) is 4.27. The van der Waals surface area contributed by atoms with E-state index in [9.17, 15) is 9.59 Å². The van der Waals surface area contributed by atoms with E-state index in [1.54, 1.807) is 37.3 Å². The van der Waals surface area contributed by atoms with E-state index >= 15 is 8.78 Å². The zero-order chi connectivity index (χ0) is 27.8. The molecule has 208 valence electrons. The normalized spacial score (nSPS) is 14.8. The highest BCUT2D eigenvalue weighted by atomic mass is 32.2. The largest absolute Gasteiger partial charge is 0.493 e. The lowest BCUT2D eigenvalue weighted by Gasteiger charge is -2.33. The number of carbonyl (C=O) groups excluding carboxylic acids is 2. The zero-order valence-corrected chi connectivity index (χ0v) is 23.1. The predicted octanol–water partition coefficient (Wildman–Crippen LogP) is 7.25. The van der Waals surface area contributed by atoms with Crippen LogP contribution in [0.5, 0.6) is 5.75 Å². The SMILES string of the molecule is CCCCCCCCOc1cc(F)c(CN2C(=O)C(C)Sc3cc(C(=O)NCc4ccco4)ccc32)c(F)c1. The standard InChI is InChI=1S/C30H34F2N2O4S/c1-3-4-5-6-7-8-13-38-23-16-25(31)24(26(32)17-23)19-34-27-12-11-21(15-28(27)39-20(2)30(34)36)29(35)33-18-22-10-9-14-37-22/h9-12,14-17,20H,3-8,13,18-19H2,1-2H3,(H,33,35). The first-order valence-corrected chi connectivity index (χ1v) is 14.3. The number of nitrogens with zero attached hydrogens (tertiary/aromatic N) is 1. The number of hydrogen-bond donors (Lipinski definition) is 1. The highest BCUT2D eigenvalue weighted by molar-refractivity contribution is 8.01. The fraction of sp³-hybridized carbons (Fsp3) is 0.400. The van der Waals surface area contributed by atoms with Crippen molar-refractivity contribution < 1.29 is 27.5 Å². The Morgan fingerprint density at radius 2 is 1.82 bits per heavy atom. The van der Waals surface area contributed by atoms with Crippen LogP contribution in [-0.2, 0) is 17.9 Å². The molecule has 0 spiro atoms. The molecule has 3 aromatic rings. The Bertz CT molecular complexity index is 1260. The lowest BCUT2D eigenvalue weighted by Crippen LogP contribution is -2.39. The highest BCUT2D eigenvalue weighted by Crippen LogP contribution is 2.41. The number of hydrogen-bond acceptors (Lipinski definition) is 5. The second-order valence-corrected chi connectivity index (χ2v) is 11.0. The lowest BCUT2D eigenvalue weighted by molar-refractivity contribution is -0.118. The minimum Gasteiger partial charge on any atom is -0.493 e. The van der Waals surface area contributed by atoms with Crippen molar-refractivity contribution in [1.29, 1.82) is 0 Å². The van der Waals surface area contributed by atoms with Crippen LogP contribution in [0.25, 0.3) is 0 Å². The van der Waals surface area contributed by atoms with Gasteiger partial charge in [-0.2, -0.15) is 0 Å². The Kier molecular flexibility index (Phi) is 10.0. The van der Waals surface area contributed by atoms with Crippen LogP contribution in [0.4, 0.5) is 14.5 Å². The van der Waals surface area contributed by atoms with Crippen molar-refractivity contribution in [2.75, 3.05) is 11.5 Å². The van der Waals surface area contributed by atoms with E-state index in [1.165, 1.54) is 54.3 Å². The minimum atomic E-state index is -0.762. The number of carbonyl (C=O) groups is 2. The van der Waals surface area contributed by atoms with E-state index in [0.29, 0.717) is 28.5 Å². The number of unbranched alkanes of at least 4 members (excludes halogenated alkanes) is 5. The molecule has 1 unspecified atom stereocenters. The van der Waals surface area contributed by atoms with Crippen LogP contribution >= 0.6 is 11.8 Å². The predicted molar refractivity (Wildman–Crippen MR) is 148 cm³/mol. The third-order valence-electron chi connectivity index (χ3n) is 6.63. The Labute approximate surface area is 232 Å². The van der Waals surface area contributed by atoms with Crippen molar-refractivity contribution in [3.8, 4) is 5.75 Å². The van der Waals surface area contributed by atoms with Crippen molar-refractivity contribution in [1.82, 2.24) is 5.32 Å². The topological polar surface area (TPSA) is 71.8 Å². The molecule has 1 aliphatic heterocycles. The van der Waals surface area contributed by atoms with Crippen LogP contribution in [0.15, 0.2) is 58.0 Å². The summed E-state index contributed by atoms with van der Waals surface area (Å²) in [4.78, 5) is 27.8. The van der Waals surface area contributed by atoms with Gasteiger partial charge in [0.1, 0.15) is 23.1 Å². The number of thioether (sulfide) groups is 1. The summed E-state index contributed by atoms with van der Waals surface area (Å²) in [7, 11) is 0. The van der Waals surface area contributed by atoms with Gasteiger partial charge in [-0.05, 0) is 43.7 Å². The van der Waals surface area contributed by atoms with Gasteiger partial charge in [0.15, 0.2) is 0 Å². The molecule has 2 amide bonds. The van der Waals surface area contributed by atoms with E-state index in [-0.39, 0.29) is 36.2 Å². The summed E-state index contributed by atoms with van der Waals surface area (Å²) in [5, 5.41) is 2.31. The molecule has 39 heavy (non-hydrogen) atoms. The average Bonchev–Trinajstić information content (AvgIpc) is 3.44. The third-order valence-corrected chi connectivity index (χ3v) is 7.77. The summed E-state index contributed by atoms with van der Waals surface area (Å²) < 4.78 is 40.9. The second kappa shape index (κ2) is 13.6. The van der Waals surface area contributed by atoms with Crippen LogP contribution in [0.1, 0.15) is 74.1 Å². The van der Waals surface area contributed by atoms with Crippen LogP contribution in [-0.4, -0.2) is 23.7 Å². The molecule has 4 rings (SSSR count). The molecule has 0 radical (unpaired) electrons. The number of furan rings is 1. The molecule has 0 fully saturated rings. The highest BCUT2D eigenvalue weighted by Gasteiger charge is 2.32. The maximum Gasteiger partial charge on any atom is 0.251 e. The molecule has 1 N–H and O–H groups in total. The fourth-order valence-corrected chi connectivity index (χ4v) is 5.55. The van der Waals surface area contributed by atoms with E-state index in [1.807, 2.05) is 0 Å². The van der Waals surface area contributed by atoms with E-state index in [4.69, 9.17) is 9.15 Å². The maximum absolute atomic E-state index is 15.0. The van der Waals surface area contributed by atoms with Gasteiger partial charge < -0.3 is 19.4 Å². The molecule has 0 saturated heterocycles. The van der Waals surface area contributed by atoms with Gasteiger partial charge in [-0.15, -0.1) is 11.8 Å². The molecule has 0 aliphatic carbocycles. The summed E-state index contributed by atoms with van der Waals surface area (Å²) in [5.41, 5.74) is 0.715. The summed E-state index contributed by atoms with van der Waals surface area (Å²) in [6.07, 6.45) is 8.08. The van der Waals surface area contributed by atoms with Gasteiger partial charge in [0.25, 0.3) is 5.91 Å². The number of anilines is 1. The quantitative estimate of drug-likeness (QED) is 0.225. The first kappa shape index (κ1) is 28.7. The van der Waals surface area contributed by atoms with Crippen LogP contribution in [0, 0.1) is 11.6 Å². The van der Waals surface area contributed by atoms with E-state index < -0.39 is 16.9 Å². The minimum absolute atomic E-state index is 0.141.